The molecule has 134 valence electrons. The predicted molar refractivity (Wildman–Crippen MR) is 90.1 cm³/mol. The molecule has 0 radical (unpaired) electrons. The Morgan fingerprint density at radius 1 is 1.42 bits per heavy atom. The minimum Gasteiger partial charge on any atom is -0.396 e. The number of hydrogen-bond acceptors (Lipinski definition) is 4. The standard InChI is InChI=1S/C18H27FN2O3/c1-14-3-4-15(11-17(14)19)12-20-18(23)13-21-7-5-16(6-8-21)24-10-2-9-22/h3-4,11,16,22H,2,5-10,12-13H2,1H3,(H,20,23). The summed E-state index contributed by atoms with van der Waals surface area (Å²) in [5, 5.41) is 11.6. The van der Waals surface area contributed by atoms with Crippen molar-refractivity contribution in [2.75, 3.05) is 32.8 Å². The van der Waals surface area contributed by atoms with Crippen molar-refractivity contribution in [2.24, 2.45) is 0 Å². The highest BCUT2D eigenvalue weighted by atomic mass is 19.1. The summed E-state index contributed by atoms with van der Waals surface area (Å²) in [4.78, 5) is 14.1. The van der Waals surface area contributed by atoms with Gasteiger partial charge in [0.2, 0.25) is 5.91 Å². The van der Waals surface area contributed by atoms with Crippen LogP contribution in [0.2, 0.25) is 0 Å². The summed E-state index contributed by atoms with van der Waals surface area (Å²) in [6, 6.07) is 5.01. The van der Waals surface area contributed by atoms with Gasteiger partial charge in [-0.05, 0) is 43.4 Å². The number of hydrogen-bond donors (Lipinski definition) is 2. The highest BCUT2D eigenvalue weighted by Gasteiger charge is 2.21. The van der Waals surface area contributed by atoms with E-state index < -0.39 is 0 Å². The number of piperidine rings is 1. The van der Waals surface area contributed by atoms with Crippen molar-refractivity contribution >= 4 is 5.91 Å². The van der Waals surface area contributed by atoms with Crippen molar-refractivity contribution in [3.8, 4) is 0 Å². The maximum atomic E-state index is 13.5. The third-order valence-electron chi connectivity index (χ3n) is 4.28. The van der Waals surface area contributed by atoms with Gasteiger partial charge in [0.15, 0.2) is 0 Å². The van der Waals surface area contributed by atoms with Gasteiger partial charge in [-0.2, -0.15) is 0 Å². The van der Waals surface area contributed by atoms with E-state index in [1.165, 1.54) is 6.07 Å². The Labute approximate surface area is 142 Å². The van der Waals surface area contributed by atoms with Crippen LogP contribution < -0.4 is 5.32 Å². The molecule has 5 nitrogen and oxygen atoms in total. The molecule has 0 saturated carbocycles. The van der Waals surface area contributed by atoms with E-state index in [0.29, 0.717) is 31.7 Å². The van der Waals surface area contributed by atoms with Gasteiger partial charge in [-0.25, -0.2) is 4.39 Å². The Balaban J connectivity index is 1.65. The number of carbonyl (C=O) groups is 1. The van der Waals surface area contributed by atoms with Crippen LogP contribution in [0.1, 0.15) is 30.4 Å². The molecule has 0 aromatic heterocycles. The Kier molecular flexibility index (Phi) is 7.62. The van der Waals surface area contributed by atoms with Gasteiger partial charge in [-0.3, -0.25) is 9.69 Å². The average Bonchev–Trinajstić information content (AvgIpc) is 2.58. The predicted octanol–water partition coefficient (Wildman–Crippen LogP) is 1.61. The maximum Gasteiger partial charge on any atom is 0.234 e. The summed E-state index contributed by atoms with van der Waals surface area (Å²) in [5.74, 6) is -0.291. The Morgan fingerprint density at radius 3 is 2.83 bits per heavy atom. The van der Waals surface area contributed by atoms with Gasteiger partial charge in [0.25, 0.3) is 0 Å². The molecule has 0 spiro atoms. The molecule has 1 saturated heterocycles. The Bertz CT molecular complexity index is 531. The molecule has 0 aliphatic carbocycles. The molecule has 24 heavy (non-hydrogen) atoms. The first-order valence-electron chi connectivity index (χ1n) is 8.55. The van der Waals surface area contributed by atoms with Gasteiger partial charge in [0, 0.05) is 32.8 Å². The molecular formula is C18H27FN2O3. The zero-order valence-corrected chi connectivity index (χ0v) is 14.3. The molecule has 0 bridgehead atoms. The van der Waals surface area contributed by atoms with E-state index in [-0.39, 0.29) is 24.4 Å². The fraction of sp³-hybridized carbons (Fsp3) is 0.611. The lowest BCUT2D eigenvalue weighted by Gasteiger charge is -2.31. The highest BCUT2D eigenvalue weighted by Crippen LogP contribution is 2.14. The zero-order valence-electron chi connectivity index (χ0n) is 14.3. The number of carbonyl (C=O) groups excluding carboxylic acids is 1. The summed E-state index contributed by atoms with van der Waals surface area (Å²) in [6.45, 7) is 4.83. The summed E-state index contributed by atoms with van der Waals surface area (Å²) in [7, 11) is 0. The van der Waals surface area contributed by atoms with Gasteiger partial charge < -0.3 is 15.2 Å². The van der Waals surface area contributed by atoms with Crippen LogP contribution in [0.3, 0.4) is 0 Å². The number of halogens is 1. The van der Waals surface area contributed by atoms with Crippen LogP contribution >= 0.6 is 0 Å². The first-order chi connectivity index (χ1) is 11.6. The molecule has 1 aromatic carbocycles. The van der Waals surface area contributed by atoms with Crippen molar-refractivity contribution < 1.29 is 19.0 Å². The second kappa shape index (κ2) is 9.71. The van der Waals surface area contributed by atoms with Crippen molar-refractivity contribution in [1.29, 1.82) is 0 Å². The quantitative estimate of drug-likeness (QED) is 0.707. The van der Waals surface area contributed by atoms with Crippen LogP contribution in [0.5, 0.6) is 0 Å². The number of ether oxygens (including phenoxy) is 1. The van der Waals surface area contributed by atoms with Crippen molar-refractivity contribution in [3.63, 3.8) is 0 Å². The van der Waals surface area contributed by atoms with E-state index in [9.17, 15) is 9.18 Å². The lowest BCUT2D eigenvalue weighted by molar-refractivity contribution is -0.123. The minimum atomic E-state index is -0.245. The first kappa shape index (κ1) is 18.8. The molecule has 1 heterocycles. The third-order valence-corrected chi connectivity index (χ3v) is 4.28. The van der Waals surface area contributed by atoms with Crippen molar-refractivity contribution in [2.45, 2.75) is 38.8 Å². The number of benzene rings is 1. The lowest BCUT2D eigenvalue weighted by Crippen LogP contribution is -2.43. The average molecular weight is 338 g/mol. The smallest absolute Gasteiger partial charge is 0.234 e. The molecule has 0 atom stereocenters. The van der Waals surface area contributed by atoms with E-state index in [1.807, 2.05) is 6.07 Å². The third kappa shape index (κ3) is 6.19. The molecular weight excluding hydrogens is 311 g/mol. The van der Waals surface area contributed by atoms with Crippen LogP contribution in [0.15, 0.2) is 18.2 Å². The van der Waals surface area contributed by atoms with E-state index in [0.717, 1.165) is 31.5 Å². The first-order valence-corrected chi connectivity index (χ1v) is 8.55. The van der Waals surface area contributed by atoms with Crippen LogP contribution in [0.25, 0.3) is 0 Å². The fourth-order valence-electron chi connectivity index (χ4n) is 2.75. The van der Waals surface area contributed by atoms with Gasteiger partial charge in [-0.1, -0.05) is 12.1 Å². The number of amides is 1. The van der Waals surface area contributed by atoms with E-state index in [4.69, 9.17) is 9.84 Å². The van der Waals surface area contributed by atoms with Gasteiger partial charge >= 0.3 is 0 Å². The van der Waals surface area contributed by atoms with Crippen LogP contribution in [-0.4, -0.2) is 54.9 Å². The number of likely N-dealkylation sites (tertiary alicyclic amines) is 1. The van der Waals surface area contributed by atoms with E-state index >= 15 is 0 Å². The zero-order chi connectivity index (χ0) is 17.4. The monoisotopic (exact) mass is 338 g/mol. The van der Waals surface area contributed by atoms with Gasteiger partial charge in [-0.15, -0.1) is 0 Å². The molecule has 0 unspecified atom stereocenters. The maximum absolute atomic E-state index is 13.5. The fourth-order valence-corrected chi connectivity index (χ4v) is 2.75. The largest absolute Gasteiger partial charge is 0.396 e. The molecule has 6 heteroatoms. The molecule has 1 amide bonds. The highest BCUT2D eigenvalue weighted by molar-refractivity contribution is 5.78. The number of nitrogens with zero attached hydrogens (tertiary/aromatic N) is 1. The number of nitrogens with one attached hydrogen (secondary N) is 1. The van der Waals surface area contributed by atoms with Gasteiger partial charge in [0.1, 0.15) is 5.82 Å². The number of aliphatic hydroxyl groups is 1. The summed E-state index contributed by atoms with van der Waals surface area (Å²) in [5.41, 5.74) is 1.37. The molecule has 2 N–H and O–H groups in total. The summed E-state index contributed by atoms with van der Waals surface area (Å²) < 4.78 is 19.2. The Morgan fingerprint density at radius 2 is 2.17 bits per heavy atom. The van der Waals surface area contributed by atoms with Crippen LogP contribution in [0.4, 0.5) is 4.39 Å². The normalized spacial score (nSPS) is 16.3. The number of aryl methyl sites for hydroxylation is 1. The lowest BCUT2D eigenvalue weighted by atomic mass is 10.1. The molecule has 1 fully saturated rings. The van der Waals surface area contributed by atoms with Crippen LogP contribution in [-0.2, 0) is 16.1 Å². The molecule has 1 aliphatic heterocycles. The van der Waals surface area contributed by atoms with Crippen molar-refractivity contribution in [1.82, 2.24) is 10.2 Å². The second-order valence-corrected chi connectivity index (χ2v) is 6.28. The van der Waals surface area contributed by atoms with E-state index in [1.54, 1.807) is 13.0 Å². The number of aliphatic hydroxyl groups excluding tert-OH is 1. The summed E-state index contributed by atoms with van der Waals surface area (Å²) in [6.07, 6.45) is 2.71. The molecule has 2 rings (SSSR count). The second-order valence-electron chi connectivity index (χ2n) is 6.28. The topological polar surface area (TPSA) is 61.8 Å². The minimum absolute atomic E-state index is 0.0457. The van der Waals surface area contributed by atoms with E-state index in [2.05, 4.69) is 10.2 Å². The Hall–Kier alpha value is -1.50. The summed E-state index contributed by atoms with van der Waals surface area (Å²) >= 11 is 0. The van der Waals surface area contributed by atoms with Gasteiger partial charge in [0.05, 0.1) is 12.6 Å². The SMILES string of the molecule is Cc1ccc(CNC(=O)CN2CCC(OCCCO)CC2)cc1F. The molecule has 1 aromatic rings. The van der Waals surface area contributed by atoms with Crippen LogP contribution in [0, 0.1) is 12.7 Å². The molecule has 1 aliphatic rings. The number of rotatable bonds is 8. The van der Waals surface area contributed by atoms with Crippen molar-refractivity contribution in [3.05, 3.63) is 35.1 Å².